The van der Waals surface area contributed by atoms with Crippen LogP contribution in [0, 0.1) is 6.92 Å². The van der Waals surface area contributed by atoms with Crippen molar-refractivity contribution in [2.75, 3.05) is 21.1 Å². The van der Waals surface area contributed by atoms with Crippen LogP contribution < -0.4 is 0 Å². The fourth-order valence-electron chi connectivity index (χ4n) is 2.15. The van der Waals surface area contributed by atoms with E-state index in [-0.39, 0.29) is 0 Å². The minimum atomic E-state index is 0.495. The number of benzene rings is 1. The molecule has 0 bridgehead atoms. The molecule has 2 aromatic rings. The molecule has 1 N–H and O–H groups in total. The van der Waals surface area contributed by atoms with Gasteiger partial charge in [-0.25, -0.2) is 0 Å². The fourth-order valence-corrected chi connectivity index (χ4v) is 2.15. The van der Waals surface area contributed by atoms with Crippen molar-refractivity contribution < 1.29 is 4.48 Å². The maximum atomic E-state index is 3.37. The Morgan fingerprint density at radius 1 is 1.19 bits per heavy atom. The summed E-state index contributed by atoms with van der Waals surface area (Å²) in [7, 11) is 6.71. The molecule has 0 fully saturated rings. The topological polar surface area (TPSA) is 15.8 Å². The van der Waals surface area contributed by atoms with Gasteiger partial charge >= 0.3 is 0 Å². The third kappa shape index (κ3) is 1.74. The molecule has 1 aromatic carbocycles. The van der Waals surface area contributed by atoms with E-state index in [1.807, 2.05) is 0 Å². The summed E-state index contributed by atoms with van der Waals surface area (Å²) in [5.74, 6) is 0. The normalized spacial score (nSPS) is 14.3. The average molecular weight is 217 g/mol. The predicted molar refractivity (Wildman–Crippen MR) is 69.5 cm³/mol. The van der Waals surface area contributed by atoms with Crippen molar-refractivity contribution in [2.24, 2.45) is 0 Å². The van der Waals surface area contributed by atoms with Crippen molar-refractivity contribution in [2.45, 2.75) is 19.9 Å². The molecule has 2 heteroatoms. The van der Waals surface area contributed by atoms with Crippen molar-refractivity contribution in [1.29, 1.82) is 0 Å². The average Bonchev–Trinajstić information content (AvgIpc) is 2.60. The molecule has 0 radical (unpaired) electrons. The van der Waals surface area contributed by atoms with Gasteiger partial charge in [-0.3, -0.25) is 0 Å². The Balaban J connectivity index is 2.62. The summed E-state index contributed by atoms with van der Waals surface area (Å²) < 4.78 is 0.946. The number of hydrogen-bond acceptors (Lipinski definition) is 0. The number of nitrogens with zero attached hydrogens (tertiary/aromatic N) is 1. The van der Waals surface area contributed by atoms with E-state index in [2.05, 4.69) is 64.4 Å². The van der Waals surface area contributed by atoms with Gasteiger partial charge in [0, 0.05) is 22.7 Å². The number of aryl methyl sites for hydroxylation is 1. The number of rotatable bonds is 2. The van der Waals surface area contributed by atoms with Crippen molar-refractivity contribution in [3.8, 4) is 0 Å². The van der Waals surface area contributed by atoms with E-state index in [4.69, 9.17) is 0 Å². The molecule has 1 unspecified atom stereocenters. The SMILES string of the molecule is Cc1cccc2[nH]cc(C(C)[N+](C)(C)C)c12. The lowest BCUT2D eigenvalue weighted by molar-refractivity contribution is -0.900. The van der Waals surface area contributed by atoms with Gasteiger partial charge in [0.1, 0.15) is 6.04 Å². The number of fused-ring (bicyclic) bond motifs is 1. The van der Waals surface area contributed by atoms with Crippen LogP contribution in [0.15, 0.2) is 24.4 Å². The molecular formula is C14H21N2+. The molecule has 0 saturated carbocycles. The molecule has 1 heterocycles. The quantitative estimate of drug-likeness (QED) is 0.743. The molecule has 2 rings (SSSR count). The molecule has 0 aliphatic rings. The number of H-pyrrole nitrogens is 1. The van der Waals surface area contributed by atoms with E-state index in [0.717, 1.165) is 4.48 Å². The van der Waals surface area contributed by atoms with E-state index in [0.29, 0.717) is 6.04 Å². The standard InChI is InChI=1S/C14H21N2/c1-10-7-6-8-13-14(10)12(9-15-13)11(2)16(3,4)5/h6-9,11,15H,1-5H3/q+1. The van der Waals surface area contributed by atoms with Gasteiger partial charge < -0.3 is 9.47 Å². The Labute approximate surface area is 97.5 Å². The first-order chi connectivity index (χ1) is 7.41. The van der Waals surface area contributed by atoms with Gasteiger partial charge in [0.2, 0.25) is 0 Å². The maximum absolute atomic E-state index is 3.37. The van der Waals surface area contributed by atoms with Gasteiger partial charge in [0.25, 0.3) is 0 Å². The second kappa shape index (κ2) is 3.63. The summed E-state index contributed by atoms with van der Waals surface area (Å²) in [6.07, 6.45) is 2.16. The Bertz CT molecular complexity index is 503. The van der Waals surface area contributed by atoms with Crippen molar-refractivity contribution in [1.82, 2.24) is 4.98 Å². The summed E-state index contributed by atoms with van der Waals surface area (Å²) in [5.41, 5.74) is 4.02. The number of aromatic amines is 1. The lowest BCUT2D eigenvalue weighted by Gasteiger charge is -2.31. The number of quaternary nitrogens is 1. The number of aromatic nitrogens is 1. The van der Waals surface area contributed by atoms with E-state index >= 15 is 0 Å². The number of nitrogens with one attached hydrogen (secondary N) is 1. The fraction of sp³-hybridized carbons (Fsp3) is 0.429. The predicted octanol–water partition coefficient (Wildman–Crippen LogP) is 3.24. The third-order valence-electron chi connectivity index (χ3n) is 3.56. The van der Waals surface area contributed by atoms with E-state index in [1.165, 1.54) is 22.0 Å². The summed E-state index contributed by atoms with van der Waals surface area (Å²) >= 11 is 0. The van der Waals surface area contributed by atoms with Crippen LogP contribution in [-0.2, 0) is 0 Å². The first kappa shape index (κ1) is 11.2. The summed E-state index contributed by atoms with van der Waals surface area (Å²) in [4.78, 5) is 3.37. The molecule has 2 nitrogen and oxygen atoms in total. The Morgan fingerprint density at radius 2 is 1.88 bits per heavy atom. The highest BCUT2D eigenvalue weighted by atomic mass is 15.3. The molecule has 1 atom stereocenters. The van der Waals surface area contributed by atoms with Crippen LogP contribution in [0.4, 0.5) is 0 Å². The summed E-state index contributed by atoms with van der Waals surface area (Å²) in [6, 6.07) is 6.93. The Hall–Kier alpha value is -1.28. The second-order valence-electron chi connectivity index (χ2n) is 5.53. The van der Waals surface area contributed by atoms with Crippen molar-refractivity contribution >= 4 is 10.9 Å². The third-order valence-corrected chi connectivity index (χ3v) is 3.56. The van der Waals surface area contributed by atoms with Gasteiger partial charge in [0.15, 0.2) is 0 Å². The highest BCUT2D eigenvalue weighted by Crippen LogP contribution is 2.31. The molecule has 0 aliphatic carbocycles. The molecule has 0 saturated heterocycles. The highest BCUT2D eigenvalue weighted by molar-refractivity contribution is 5.86. The molecule has 0 amide bonds. The van der Waals surface area contributed by atoms with Crippen molar-refractivity contribution in [3.63, 3.8) is 0 Å². The summed E-state index contributed by atoms with van der Waals surface area (Å²) in [5, 5.41) is 1.39. The zero-order valence-electron chi connectivity index (χ0n) is 10.8. The van der Waals surface area contributed by atoms with E-state index < -0.39 is 0 Å². The minimum absolute atomic E-state index is 0.495. The van der Waals surface area contributed by atoms with Crippen LogP contribution in [0.2, 0.25) is 0 Å². The molecule has 16 heavy (non-hydrogen) atoms. The monoisotopic (exact) mass is 217 g/mol. The van der Waals surface area contributed by atoms with Crippen LogP contribution in [0.3, 0.4) is 0 Å². The van der Waals surface area contributed by atoms with Gasteiger partial charge in [-0.15, -0.1) is 0 Å². The van der Waals surface area contributed by atoms with Crippen LogP contribution in [0.5, 0.6) is 0 Å². The molecular weight excluding hydrogens is 196 g/mol. The van der Waals surface area contributed by atoms with Gasteiger partial charge in [-0.1, -0.05) is 12.1 Å². The lowest BCUT2D eigenvalue weighted by Crippen LogP contribution is -2.37. The minimum Gasteiger partial charge on any atom is -0.361 e. The molecule has 1 aromatic heterocycles. The van der Waals surface area contributed by atoms with Crippen LogP contribution >= 0.6 is 0 Å². The zero-order chi connectivity index (χ0) is 11.9. The number of hydrogen-bond donors (Lipinski definition) is 1. The zero-order valence-corrected chi connectivity index (χ0v) is 10.8. The van der Waals surface area contributed by atoms with Gasteiger partial charge in [0.05, 0.1) is 21.1 Å². The van der Waals surface area contributed by atoms with Crippen LogP contribution in [-0.4, -0.2) is 30.6 Å². The van der Waals surface area contributed by atoms with E-state index in [1.54, 1.807) is 0 Å². The van der Waals surface area contributed by atoms with Crippen molar-refractivity contribution in [3.05, 3.63) is 35.5 Å². The lowest BCUT2D eigenvalue weighted by atomic mass is 10.0. The highest BCUT2D eigenvalue weighted by Gasteiger charge is 2.23. The van der Waals surface area contributed by atoms with E-state index in [9.17, 15) is 0 Å². The summed E-state index contributed by atoms with van der Waals surface area (Å²) in [6.45, 7) is 4.47. The molecule has 86 valence electrons. The Morgan fingerprint density at radius 3 is 2.50 bits per heavy atom. The largest absolute Gasteiger partial charge is 0.361 e. The van der Waals surface area contributed by atoms with Gasteiger partial charge in [-0.05, 0) is 25.5 Å². The second-order valence-corrected chi connectivity index (χ2v) is 5.53. The molecule has 0 spiro atoms. The maximum Gasteiger partial charge on any atom is 0.113 e. The van der Waals surface area contributed by atoms with Crippen LogP contribution in [0.25, 0.3) is 10.9 Å². The molecule has 0 aliphatic heterocycles. The smallest absolute Gasteiger partial charge is 0.113 e. The first-order valence-electron chi connectivity index (χ1n) is 5.79. The van der Waals surface area contributed by atoms with Gasteiger partial charge in [-0.2, -0.15) is 0 Å². The first-order valence-corrected chi connectivity index (χ1v) is 5.79. The van der Waals surface area contributed by atoms with Crippen LogP contribution in [0.1, 0.15) is 24.1 Å². The Kier molecular flexibility index (Phi) is 2.55.